The zero-order chi connectivity index (χ0) is 14.3. The summed E-state index contributed by atoms with van der Waals surface area (Å²) in [6.45, 7) is 0. The van der Waals surface area contributed by atoms with Crippen molar-refractivity contribution < 1.29 is 31.5 Å². The minimum Gasteiger partial charge on any atom is -0.274 e. The van der Waals surface area contributed by atoms with Gasteiger partial charge in [0.1, 0.15) is 5.69 Å². The number of amides is 2. The molecule has 0 unspecified atom stereocenters. The van der Waals surface area contributed by atoms with Crippen LogP contribution in [0.4, 0.5) is 27.6 Å². The van der Waals surface area contributed by atoms with Gasteiger partial charge in [-0.15, -0.1) is 0 Å². The van der Waals surface area contributed by atoms with Crippen LogP contribution in [0, 0.1) is 29.1 Å². The molecule has 1 fully saturated rings. The van der Waals surface area contributed by atoms with Crippen LogP contribution in [-0.4, -0.2) is 11.8 Å². The molecule has 0 atom stereocenters. The van der Waals surface area contributed by atoms with Gasteiger partial charge in [-0.1, -0.05) is 0 Å². The van der Waals surface area contributed by atoms with E-state index in [0.29, 0.717) is 0 Å². The fourth-order valence-electron chi connectivity index (χ4n) is 1.79. The highest BCUT2D eigenvalue weighted by Crippen LogP contribution is 2.32. The van der Waals surface area contributed by atoms with Crippen molar-refractivity contribution in [2.75, 3.05) is 4.90 Å². The molecule has 3 nitrogen and oxygen atoms in total. The van der Waals surface area contributed by atoms with Gasteiger partial charge >= 0.3 is 0 Å². The van der Waals surface area contributed by atoms with Crippen LogP contribution < -0.4 is 4.90 Å². The first-order valence-electron chi connectivity index (χ1n) is 5.23. The third kappa shape index (κ3) is 1.96. The Morgan fingerprint density at radius 1 is 0.684 bits per heavy atom. The average molecular weight is 279 g/mol. The molecule has 1 saturated heterocycles. The average Bonchev–Trinajstić information content (AvgIpc) is 2.37. The van der Waals surface area contributed by atoms with E-state index in [-0.39, 0.29) is 24.2 Å². The number of hydrogen-bond donors (Lipinski definition) is 0. The van der Waals surface area contributed by atoms with Crippen LogP contribution in [0.1, 0.15) is 19.3 Å². The largest absolute Gasteiger partial charge is 0.274 e. The van der Waals surface area contributed by atoms with E-state index in [1.54, 1.807) is 0 Å². The van der Waals surface area contributed by atoms with Crippen molar-refractivity contribution >= 4 is 17.5 Å². The maximum absolute atomic E-state index is 13.5. The van der Waals surface area contributed by atoms with E-state index in [2.05, 4.69) is 0 Å². The lowest BCUT2D eigenvalue weighted by Gasteiger charge is -2.25. The lowest BCUT2D eigenvalue weighted by molar-refractivity contribution is -0.129. The SMILES string of the molecule is O=C1CCCC(=O)N1c1c(F)c(F)c(F)c(F)c1F. The number of benzene rings is 1. The van der Waals surface area contributed by atoms with Gasteiger partial charge < -0.3 is 0 Å². The predicted molar refractivity (Wildman–Crippen MR) is 52.6 cm³/mol. The minimum atomic E-state index is -2.34. The Hall–Kier alpha value is -1.99. The van der Waals surface area contributed by atoms with Crippen LogP contribution in [0.3, 0.4) is 0 Å². The Bertz CT molecular complexity index is 542. The minimum absolute atomic E-state index is 0.0137. The van der Waals surface area contributed by atoms with Gasteiger partial charge in [-0.05, 0) is 6.42 Å². The van der Waals surface area contributed by atoms with Crippen molar-refractivity contribution in [1.82, 2.24) is 0 Å². The molecule has 8 heteroatoms. The quantitative estimate of drug-likeness (QED) is 0.343. The van der Waals surface area contributed by atoms with E-state index in [9.17, 15) is 31.5 Å². The van der Waals surface area contributed by atoms with Gasteiger partial charge in [0.25, 0.3) is 0 Å². The molecule has 0 saturated carbocycles. The maximum atomic E-state index is 13.5. The fourth-order valence-corrected chi connectivity index (χ4v) is 1.79. The number of anilines is 1. The van der Waals surface area contributed by atoms with Gasteiger partial charge in [0, 0.05) is 12.8 Å². The Labute approximate surface area is 103 Å². The van der Waals surface area contributed by atoms with E-state index in [0.717, 1.165) is 0 Å². The van der Waals surface area contributed by atoms with E-state index in [1.165, 1.54) is 0 Å². The third-order valence-electron chi connectivity index (χ3n) is 2.69. The van der Waals surface area contributed by atoms with Gasteiger partial charge in [0.15, 0.2) is 23.3 Å². The number of halogens is 5. The van der Waals surface area contributed by atoms with Crippen molar-refractivity contribution in [2.24, 2.45) is 0 Å². The lowest BCUT2D eigenvalue weighted by Crippen LogP contribution is -2.41. The van der Waals surface area contributed by atoms with Crippen molar-refractivity contribution in [2.45, 2.75) is 19.3 Å². The smallest absolute Gasteiger partial charge is 0.233 e. The normalized spacial score (nSPS) is 16.2. The molecule has 2 amide bonds. The highest BCUT2D eigenvalue weighted by atomic mass is 19.2. The van der Waals surface area contributed by atoms with Crippen LogP contribution in [0.25, 0.3) is 0 Å². The molecular weight excluding hydrogens is 273 g/mol. The van der Waals surface area contributed by atoms with E-state index < -0.39 is 46.6 Å². The van der Waals surface area contributed by atoms with Crippen LogP contribution in [0.15, 0.2) is 0 Å². The summed E-state index contributed by atoms with van der Waals surface area (Å²) in [6.07, 6.45) is -0.236. The summed E-state index contributed by atoms with van der Waals surface area (Å²) >= 11 is 0. The number of piperidine rings is 1. The molecule has 2 rings (SSSR count). The maximum Gasteiger partial charge on any atom is 0.233 e. The van der Waals surface area contributed by atoms with Crippen molar-refractivity contribution in [3.05, 3.63) is 29.1 Å². The van der Waals surface area contributed by atoms with E-state index in [4.69, 9.17) is 0 Å². The summed E-state index contributed by atoms with van der Waals surface area (Å²) in [5.74, 6) is -13.1. The van der Waals surface area contributed by atoms with Crippen LogP contribution in [0.5, 0.6) is 0 Å². The molecule has 0 bridgehead atoms. The number of carbonyl (C=O) groups excluding carboxylic acids is 2. The molecule has 1 aromatic carbocycles. The standard InChI is InChI=1S/C11H6F5NO2/c12-6-7(13)9(15)11(10(16)8(6)14)17-4(18)2-1-3-5(17)19/h1-3H2. The summed E-state index contributed by atoms with van der Waals surface area (Å²) in [5, 5.41) is 0. The van der Waals surface area contributed by atoms with Crippen molar-refractivity contribution in [3.8, 4) is 0 Å². The predicted octanol–water partition coefficient (Wildman–Crippen LogP) is 2.43. The Morgan fingerprint density at radius 2 is 1.05 bits per heavy atom. The molecule has 102 valence electrons. The number of carbonyl (C=O) groups is 2. The first-order valence-corrected chi connectivity index (χ1v) is 5.23. The summed E-state index contributed by atoms with van der Waals surface area (Å²) in [5.41, 5.74) is -1.51. The van der Waals surface area contributed by atoms with E-state index in [1.807, 2.05) is 0 Å². The molecule has 0 radical (unpaired) electrons. The highest BCUT2D eigenvalue weighted by molar-refractivity contribution is 6.16. The summed E-state index contributed by atoms with van der Waals surface area (Å²) in [4.78, 5) is 22.9. The second kappa shape index (κ2) is 4.60. The van der Waals surface area contributed by atoms with Crippen LogP contribution in [-0.2, 0) is 9.59 Å². The molecule has 1 heterocycles. The second-order valence-corrected chi connectivity index (χ2v) is 3.89. The third-order valence-corrected chi connectivity index (χ3v) is 2.69. The summed E-state index contributed by atoms with van der Waals surface area (Å²) < 4.78 is 65.8. The zero-order valence-corrected chi connectivity index (χ0v) is 9.27. The number of nitrogens with zero attached hydrogens (tertiary/aromatic N) is 1. The van der Waals surface area contributed by atoms with Gasteiger partial charge in [0.05, 0.1) is 0 Å². The molecule has 1 aliphatic rings. The molecule has 0 aromatic heterocycles. The van der Waals surface area contributed by atoms with Crippen molar-refractivity contribution in [1.29, 1.82) is 0 Å². The Morgan fingerprint density at radius 3 is 1.47 bits per heavy atom. The fraction of sp³-hybridized carbons (Fsp3) is 0.273. The summed E-state index contributed by atoms with van der Waals surface area (Å²) in [7, 11) is 0. The van der Waals surface area contributed by atoms with Gasteiger partial charge in [-0.25, -0.2) is 26.9 Å². The molecule has 0 spiro atoms. The van der Waals surface area contributed by atoms with Gasteiger partial charge in [0.2, 0.25) is 17.6 Å². The van der Waals surface area contributed by atoms with Crippen LogP contribution in [0.2, 0.25) is 0 Å². The molecule has 0 N–H and O–H groups in total. The van der Waals surface area contributed by atoms with Crippen molar-refractivity contribution in [3.63, 3.8) is 0 Å². The monoisotopic (exact) mass is 279 g/mol. The van der Waals surface area contributed by atoms with Gasteiger partial charge in [-0.2, -0.15) is 0 Å². The molecular formula is C11H6F5NO2. The Kier molecular flexibility index (Phi) is 3.25. The lowest BCUT2D eigenvalue weighted by atomic mass is 10.1. The second-order valence-electron chi connectivity index (χ2n) is 3.89. The first kappa shape index (κ1) is 13.4. The molecule has 1 aliphatic heterocycles. The molecule has 1 aromatic rings. The highest BCUT2D eigenvalue weighted by Gasteiger charge is 2.36. The molecule has 0 aliphatic carbocycles. The zero-order valence-electron chi connectivity index (χ0n) is 9.27. The van der Waals surface area contributed by atoms with Crippen LogP contribution >= 0.6 is 0 Å². The van der Waals surface area contributed by atoms with E-state index >= 15 is 0 Å². The summed E-state index contributed by atoms with van der Waals surface area (Å²) in [6, 6.07) is 0. The Balaban J connectivity index is 2.68. The number of rotatable bonds is 1. The van der Waals surface area contributed by atoms with Gasteiger partial charge in [-0.3, -0.25) is 9.59 Å². The number of hydrogen-bond acceptors (Lipinski definition) is 2. The number of imide groups is 1. The first-order chi connectivity index (χ1) is 8.86. The topological polar surface area (TPSA) is 37.4 Å². The molecule has 19 heavy (non-hydrogen) atoms.